The molecule has 0 saturated carbocycles. The number of aryl methyl sites for hydroxylation is 1. The summed E-state index contributed by atoms with van der Waals surface area (Å²) in [6, 6.07) is 0.00923. The van der Waals surface area contributed by atoms with Crippen molar-refractivity contribution in [2.24, 2.45) is 7.05 Å². The van der Waals surface area contributed by atoms with Crippen molar-refractivity contribution in [2.75, 3.05) is 19.6 Å². The molecule has 1 aliphatic rings. The van der Waals surface area contributed by atoms with Crippen molar-refractivity contribution >= 4 is 6.09 Å². The van der Waals surface area contributed by atoms with Crippen LogP contribution in [-0.4, -0.2) is 51.2 Å². The maximum atomic E-state index is 12.0. The molecular weight excluding hydrogens is 246 g/mol. The van der Waals surface area contributed by atoms with Crippen LogP contribution in [0.2, 0.25) is 0 Å². The van der Waals surface area contributed by atoms with E-state index in [4.69, 9.17) is 4.74 Å². The van der Waals surface area contributed by atoms with Crippen LogP contribution < -0.4 is 5.32 Å². The molecule has 19 heavy (non-hydrogen) atoms. The molecule has 7 nitrogen and oxygen atoms in total. The summed E-state index contributed by atoms with van der Waals surface area (Å²) in [6.45, 7) is 7.52. The highest BCUT2D eigenvalue weighted by molar-refractivity contribution is 5.68. The monoisotopic (exact) mass is 267 g/mol. The number of carbonyl (C=O) groups excluding carboxylic acids is 1. The van der Waals surface area contributed by atoms with Gasteiger partial charge in [0.25, 0.3) is 0 Å². The number of nitrogens with one attached hydrogen (secondary N) is 1. The summed E-state index contributed by atoms with van der Waals surface area (Å²) in [4.78, 5) is 13.7. The largest absolute Gasteiger partial charge is 0.444 e. The summed E-state index contributed by atoms with van der Waals surface area (Å²) in [5.41, 5.74) is 0.375. The van der Waals surface area contributed by atoms with Crippen molar-refractivity contribution in [1.82, 2.24) is 25.2 Å². The first kappa shape index (κ1) is 13.8. The number of nitrogens with zero attached hydrogens (tertiary/aromatic N) is 4. The average molecular weight is 267 g/mol. The lowest BCUT2D eigenvalue weighted by Crippen LogP contribution is -2.49. The third kappa shape index (κ3) is 3.66. The molecule has 1 aromatic heterocycles. The van der Waals surface area contributed by atoms with Crippen molar-refractivity contribution in [2.45, 2.75) is 32.4 Å². The predicted molar refractivity (Wildman–Crippen MR) is 69.6 cm³/mol. The lowest BCUT2D eigenvalue weighted by atomic mass is 10.1. The topological polar surface area (TPSA) is 72.3 Å². The first-order valence-electron chi connectivity index (χ1n) is 6.43. The minimum absolute atomic E-state index is 0.00923. The Morgan fingerprint density at radius 2 is 2.26 bits per heavy atom. The second kappa shape index (κ2) is 5.16. The van der Waals surface area contributed by atoms with Gasteiger partial charge >= 0.3 is 6.09 Å². The molecule has 1 unspecified atom stereocenters. The molecule has 1 fully saturated rings. The fourth-order valence-electron chi connectivity index (χ4n) is 1.97. The van der Waals surface area contributed by atoms with E-state index in [-0.39, 0.29) is 12.1 Å². The minimum atomic E-state index is -0.468. The normalized spacial score (nSPS) is 20.4. The van der Waals surface area contributed by atoms with Crippen molar-refractivity contribution in [3.63, 3.8) is 0 Å². The van der Waals surface area contributed by atoms with Gasteiger partial charge in [-0.25, -0.2) is 4.79 Å². The van der Waals surface area contributed by atoms with Crippen LogP contribution in [-0.2, 0) is 11.8 Å². The molecule has 106 valence electrons. The number of ether oxygens (including phenoxy) is 1. The Labute approximate surface area is 112 Å². The van der Waals surface area contributed by atoms with Gasteiger partial charge in [-0.1, -0.05) is 5.21 Å². The summed E-state index contributed by atoms with van der Waals surface area (Å²) in [5, 5.41) is 11.3. The van der Waals surface area contributed by atoms with E-state index in [1.165, 1.54) is 0 Å². The Morgan fingerprint density at radius 1 is 1.53 bits per heavy atom. The summed E-state index contributed by atoms with van der Waals surface area (Å²) in [7, 11) is 1.82. The van der Waals surface area contributed by atoms with E-state index in [2.05, 4.69) is 15.6 Å². The first-order chi connectivity index (χ1) is 8.85. The second-order valence-corrected chi connectivity index (χ2v) is 5.75. The second-order valence-electron chi connectivity index (χ2n) is 5.75. The van der Waals surface area contributed by atoms with Crippen LogP contribution >= 0.6 is 0 Å². The maximum Gasteiger partial charge on any atom is 0.410 e. The van der Waals surface area contributed by atoms with Gasteiger partial charge in [0, 0.05) is 32.9 Å². The summed E-state index contributed by atoms with van der Waals surface area (Å²) in [6.07, 6.45) is 1.58. The van der Waals surface area contributed by atoms with Gasteiger partial charge in [0.05, 0.1) is 6.04 Å². The van der Waals surface area contributed by atoms with E-state index < -0.39 is 5.60 Å². The van der Waals surface area contributed by atoms with Crippen molar-refractivity contribution in [3.05, 3.63) is 11.9 Å². The molecule has 0 radical (unpaired) electrons. The van der Waals surface area contributed by atoms with E-state index >= 15 is 0 Å². The summed E-state index contributed by atoms with van der Waals surface area (Å²) >= 11 is 0. The predicted octanol–water partition coefficient (Wildman–Crippen LogP) is 0.696. The zero-order valence-electron chi connectivity index (χ0n) is 11.9. The molecule has 1 aromatic rings. The molecular formula is C12H21N5O2. The van der Waals surface area contributed by atoms with Gasteiger partial charge in [0.15, 0.2) is 0 Å². The highest BCUT2D eigenvalue weighted by Crippen LogP contribution is 2.17. The molecule has 2 rings (SSSR count). The van der Waals surface area contributed by atoms with Gasteiger partial charge in [-0.3, -0.25) is 4.68 Å². The number of hydrogen-bond acceptors (Lipinski definition) is 5. The molecule has 7 heteroatoms. The van der Waals surface area contributed by atoms with Crippen LogP contribution in [0.5, 0.6) is 0 Å². The molecule has 0 aliphatic carbocycles. The van der Waals surface area contributed by atoms with Gasteiger partial charge in [-0.15, -0.1) is 5.10 Å². The Morgan fingerprint density at radius 3 is 2.84 bits per heavy atom. The van der Waals surface area contributed by atoms with Gasteiger partial charge in [-0.2, -0.15) is 0 Å². The SMILES string of the molecule is Cn1cc(C2CN(C(=O)OC(C)(C)C)CCN2)nn1. The zero-order chi connectivity index (χ0) is 14.0. The van der Waals surface area contributed by atoms with Crippen LogP contribution in [0.3, 0.4) is 0 Å². The third-order valence-corrected chi connectivity index (χ3v) is 2.80. The number of amides is 1. The number of carbonyl (C=O) groups is 1. The Kier molecular flexibility index (Phi) is 3.75. The lowest BCUT2D eigenvalue weighted by molar-refractivity contribution is 0.0193. The standard InChI is InChI=1S/C12H21N5O2/c1-12(2,3)19-11(18)17-6-5-13-9(8-17)10-7-16(4)15-14-10/h7,9,13H,5-6,8H2,1-4H3. The maximum absolute atomic E-state index is 12.0. The molecule has 0 bridgehead atoms. The van der Waals surface area contributed by atoms with Crippen molar-refractivity contribution in [1.29, 1.82) is 0 Å². The quantitative estimate of drug-likeness (QED) is 0.810. The van der Waals surface area contributed by atoms with Crippen molar-refractivity contribution < 1.29 is 9.53 Å². The van der Waals surface area contributed by atoms with Crippen LogP contribution in [0.15, 0.2) is 6.20 Å². The molecule has 1 atom stereocenters. The molecule has 1 saturated heterocycles. The summed E-state index contributed by atoms with van der Waals surface area (Å²) in [5.74, 6) is 0. The van der Waals surface area contributed by atoms with E-state index in [0.29, 0.717) is 13.1 Å². The molecule has 0 spiro atoms. The molecule has 1 amide bonds. The fraction of sp³-hybridized carbons (Fsp3) is 0.750. The minimum Gasteiger partial charge on any atom is -0.444 e. The molecule has 1 N–H and O–H groups in total. The Balaban J connectivity index is 1.99. The van der Waals surface area contributed by atoms with Crippen LogP contribution in [0.4, 0.5) is 4.79 Å². The average Bonchev–Trinajstić information content (AvgIpc) is 2.74. The van der Waals surface area contributed by atoms with E-state index in [1.54, 1.807) is 9.58 Å². The van der Waals surface area contributed by atoms with Crippen molar-refractivity contribution in [3.8, 4) is 0 Å². The van der Waals surface area contributed by atoms with E-state index in [1.807, 2.05) is 34.0 Å². The van der Waals surface area contributed by atoms with Gasteiger partial charge in [-0.05, 0) is 20.8 Å². The van der Waals surface area contributed by atoms with Gasteiger partial charge in [0.2, 0.25) is 0 Å². The van der Waals surface area contributed by atoms with E-state index in [9.17, 15) is 4.79 Å². The highest BCUT2D eigenvalue weighted by atomic mass is 16.6. The highest BCUT2D eigenvalue weighted by Gasteiger charge is 2.29. The van der Waals surface area contributed by atoms with Crippen LogP contribution in [0, 0.1) is 0 Å². The number of aromatic nitrogens is 3. The van der Waals surface area contributed by atoms with Crippen LogP contribution in [0.25, 0.3) is 0 Å². The molecule has 0 aromatic carbocycles. The molecule has 2 heterocycles. The number of rotatable bonds is 1. The fourth-order valence-corrected chi connectivity index (χ4v) is 1.97. The smallest absolute Gasteiger partial charge is 0.410 e. The molecule has 1 aliphatic heterocycles. The Bertz CT molecular complexity index is 451. The Hall–Kier alpha value is -1.63. The first-order valence-corrected chi connectivity index (χ1v) is 6.43. The van der Waals surface area contributed by atoms with Crippen LogP contribution in [0.1, 0.15) is 32.5 Å². The lowest BCUT2D eigenvalue weighted by Gasteiger charge is -2.34. The number of piperazine rings is 1. The summed E-state index contributed by atoms with van der Waals surface area (Å²) < 4.78 is 7.04. The zero-order valence-corrected chi connectivity index (χ0v) is 11.9. The third-order valence-electron chi connectivity index (χ3n) is 2.80. The van der Waals surface area contributed by atoms with Gasteiger partial charge in [0.1, 0.15) is 11.3 Å². The van der Waals surface area contributed by atoms with E-state index in [0.717, 1.165) is 12.2 Å². The number of hydrogen-bond donors (Lipinski definition) is 1. The van der Waals surface area contributed by atoms with Gasteiger partial charge < -0.3 is 15.0 Å².